The van der Waals surface area contributed by atoms with E-state index >= 15 is 0 Å². The van der Waals surface area contributed by atoms with Gasteiger partial charge in [-0.15, -0.1) is 0 Å². The van der Waals surface area contributed by atoms with E-state index in [0.717, 1.165) is 30.7 Å². The Balaban J connectivity index is 1.19. The zero-order valence-corrected chi connectivity index (χ0v) is 19.6. The van der Waals surface area contributed by atoms with Gasteiger partial charge >= 0.3 is 11.9 Å². The normalized spacial score (nSPS) is 21.8. The number of anilines is 1. The van der Waals surface area contributed by atoms with Gasteiger partial charge < -0.3 is 19.1 Å². The summed E-state index contributed by atoms with van der Waals surface area (Å²) in [4.78, 5) is 18.6. The summed E-state index contributed by atoms with van der Waals surface area (Å²) in [6, 6.07) is 5.99. The fourth-order valence-corrected chi connectivity index (χ4v) is 5.34. The van der Waals surface area contributed by atoms with Gasteiger partial charge in [0.1, 0.15) is 18.2 Å². The summed E-state index contributed by atoms with van der Waals surface area (Å²) in [6.45, 7) is 1.33. The summed E-state index contributed by atoms with van der Waals surface area (Å²) in [6.07, 6.45) is -3.84. The predicted molar refractivity (Wildman–Crippen MR) is 120 cm³/mol. The van der Waals surface area contributed by atoms with Crippen LogP contribution < -0.4 is 20.1 Å². The van der Waals surface area contributed by atoms with Gasteiger partial charge in [-0.1, -0.05) is 11.6 Å². The van der Waals surface area contributed by atoms with Crippen LogP contribution in [0.15, 0.2) is 41.2 Å². The predicted octanol–water partition coefficient (Wildman–Crippen LogP) is 4.93. The van der Waals surface area contributed by atoms with Crippen LogP contribution in [0.5, 0.6) is 17.4 Å². The molecule has 0 amide bonds. The van der Waals surface area contributed by atoms with Crippen LogP contribution in [-0.2, 0) is 24.1 Å². The van der Waals surface area contributed by atoms with E-state index < -0.39 is 45.6 Å². The highest BCUT2D eigenvalue weighted by Crippen LogP contribution is 2.46. The Morgan fingerprint density at radius 2 is 1.92 bits per heavy atom. The second kappa shape index (κ2) is 8.32. The maximum atomic E-state index is 14.7. The quantitative estimate of drug-likeness (QED) is 0.427. The van der Waals surface area contributed by atoms with Crippen molar-refractivity contribution in [3.05, 3.63) is 74.7 Å². The largest absolute Gasteiger partial charge is 0.473 e. The molecule has 37 heavy (non-hydrogen) atoms. The average molecular weight is 542 g/mol. The van der Waals surface area contributed by atoms with Crippen molar-refractivity contribution < 1.29 is 36.2 Å². The first-order valence-corrected chi connectivity index (χ1v) is 11.6. The molecule has 0 aliphatic carbocycles. The number of hydrogen-bond donors (Lipinski definition) is 0. The molecule has 3 aliphatic heterocycles. The number of aromatic nitrogens is 2. The first-order chi connectivity index (χ1) is 17.5. The molecule has 2 saturated heterocycles. The van der Waals surface area contributed by atoms with Gasteiger partial charge in [0.2, 0.25) is 5.88 Å². The average Bonchev–Trinajstić information content (AvgIpc) is 3.49. The zero-order valence-electron chi connectivity index (χ0n) is 18.8. The Kier molecular flexibility index (Phi) is 5.39. The summed E-state index contributed by atoms with van der Waals surface area (Å²) >= 11 is 5.56. The van der Waals surface area contributed by atoms with Gasteiger partial charge in [-0.2, -0.15) is 18.2 Å². The molecule has 2 fully saturated rings. The van der Waals surface area contributed by atoms with Crippen molar-refractivity contribution in [3.63, 3.8) is 0 Å². The van der Waals surface area contributed by atoms with E-state index in [9.17, 15) is 26.7 Å². The van der Waals surface area contributed by atoms with Crippen LogP contribution in [0.3, 0.4) is 0 Å². The van der Waals surface area contributed by atoms with Crippen molar-refractivity contribution in [3.8, 4) is 17.4 Å². The van der Waals surface area contributed by atoms with Crippen LogP contribution in [0, 0.1) is 11.6 Å². The molecular weight excluding hydrogens is 525 g/mol. The number of nitrogens with zero attached hydrogens (tertiary/aromatic N) is 3. The number of fused-ring (bicyclic) bond motifs is 3. The second-order valence-electron chi connectivity index (χ2n) is 9.21. The Morgan fingerprint density at radius 1 is 1.16 bits per heavy atom. The Bertz CT molecular complexity index is 1460. The van der Waals surface area contributed by atoms with E-state index in [1.54, 1.807) is 10.6 Å². The highest BCUT2D eigenvalue weighted by atomic mass is 35.5. The molecule has 0 radical (unpaired) electrons. The maximum absolute atomic E-state index is 14.7. The molecule has 0 saturated carbocycles. The molecule has 194 valence electrons. The van der Waals surface area contributed by atoms with Crippen molar-refractivity contribution >= 4 is 17.4 Å². The number of morpholine rings is 1. The third-order valence-corrected chi connectivity index (χ3v) is 7.09. The summed E-state index contributed by atoms with van der Waals surface area (Å²) in [7, 11) is 0. The summed E-state index contributed by atoms with van der Waals surface area (Å²) in [5.41, 5.74) is -1.90. The Hall–Kier alpha value is -3.38. The van der Waals surface area contributed by atoms with Crippen LogP contribution in [0.1, 0.15) is 17.5 Å². The molecule has 1 aromatic heterocycles. The molecule has 6 rings (SSSR count). The number of halogens is 6. The van der Waals surface area contributed by atoms with Crippen LogP contribution in [0.2, 0.25) is 5.02 Å². The van der Waals surface area contributed by atoms with E-state index in [4.69, 9.17) is 25.8 Å². The van der Waals surface area contributed by atoms with Gasteiger partial charge in [-0.05, 0) is 35.9 Å². The van der Waals surface area contributed by atoms with Crippen LogP contribution in [0.25, 0.3) is 0 Å². The Labute approximate surface area is 210 Å². The molecular formula is C24H17ClF5N3O4. The van der Waals surface area contributed by atoms with E-state index in [2.05, 4.69) is 9.88 Å². The standard InChI is InChI=1S/C24H17ClF5N3O4/c25-16-2-1-13(5-15(16)24(28,29)30)37-21-17(26)3-12(4-18(21)27)9-35-19-6-20-32(22(34)31-19)10-23-7-14(36-11-23)8-33(20)23/h1-6,14H,7-11H2/t14-,23+/m0/s1. The monoisotopic (exact) mass is 541 g/mol. The fraction of sp³-hybridized carbons (Fsp3) is 0.333. The maximum Gasteiger partial charge on any atom is 0.417 e. The van der Waals surface area contributed by atoms with Crippen LogP contribution in [-0.4, -0.2) is 34.3 Å². The van der Waals surface area contributed by atoms with Gasteiger partial charge in [-0.25, -0.2) is 13.6 Å². The summed E-state index contributed by atoms with van der Waals surface area (Å²) < 4.78 is 86.4. The van der Waals surface area contributed by atoms with Crippen molar-refractivity contribution in [2.75, 3.05) is 18.1 Å². The smallest absolute Gasteiger partial charge is 0.417 e. The first-order valence-electron chi connectivity index (χ1n) is 11.2. The molecule has 2 atom stereocenters. The molecule has 1 spiro atoms. The minimum Gasteiger partial charge on any atom is -0.473 e. The summed E-state index contributed by atoms with van der Waals surface area (Å²) in [5.74, 6) is -2.98. The number of ether oxygens (including phenoxy) is 3. The number of alkyl halides is 3. The highest BCUT2D eigenvalue weighted by Gasteiger charge is 2.56. The fourth-order valence-electron chi connectivity index (χ4n) is 5.12. The van der Waals surface area contributed by atoms with Crippen molar-refractivity contribution in [2.45, 2.75) is 37.4 Å². The van der Waals surface area contributed by atoms with E-state index in [0.29, 0.717) is 31.6 Å². The van der Waals surface area contributed by atoms with Crippen molar-refractivity contribution in [1.82, 2.24) is 9.55 Å². The van der Waals surface area contributed by atoms with Gasteiger partial charge in [0.15, 0.2) is 17.4 Å². The molecule has 3 aliphatic rings. The lowest BCUT2D eigenvalue weighted by atomic mass is 10.0. The lowest BCUT2D eigenvalue weighted by molar-refractivity contribution is -0.137. The lowest BCUT2D eigenvalue weighted by Crippen LogP contribution is -2.46. The topological polar surface area (TPSA) is 65.8 Å². The van der Waals surface area contributed by atoms with Crippen molar-refractivity contribution in [1.29, 1.82) is 0 Å². The van der Waals surface area contributed by atoms with E-state index in [-0.39, 0.29) is 29.7 Å². The highest BCUT2D eigenvalue weighted by molar-refractivity contribution is 6.31. The van der Waals surface area contributed by atoms with Gasteiger partial charge in [0, 0.05) is 19.0 Å². The molecule has 13 heteroatoms. The third-order valence-electron chi connectivity index (χ3n) is 6.76. The zero-order chi connectivity index (χ0) is 26.1. The van der Waals surface area contributed by atoms with Crippen LogP contribution in [0.4, 0.5) is 27.8 Å². The van der Waals surface area contributed by atoms with Crippen molar-refractivity contribution in [2.24, 2.45) is 0 Å². The molecule has 2 aromatic carbocycles. The molecule has 0 N–H and O–H groups in total. The van der Waals surface area contributed by atoms with Crippen LogP contribution >= 0.6 is 11.6 Å². The molecule has 4 heterocycles. The number of rotatable bonds is 5. The molecule has 3 aromatic rings. The number of hydrogen-bond acceptors (Lipinski definition) is 6. The van der Waals surface area contributed by atoms with E-state index in [1.807, 2.05) is 0 Å². The van der Waals surface area contributed by atoms with Gasteiger partial charge in [0.25, 0.3) is 0 Å². The minimum atomic E-state index is -4.77. The lowest BCUT2D eigenvalue weighted by Gasteiger charge is -2.32. The van der Waals surface area contributed by atoms with E-state index in [1.165, 1.54) is 0 Å². The molecule has 7 nitrogen and oxygen atoms in total. The molecule has 2 bridgehead atoms. The van der Waals surface area contributed by atoms with Gasteiger partial charge in [-0.3, -0.25) is 4.57 Å². The first kappa shape index (κ1) is 24.0. The number of benzene rings is 2. The second-order valence-corrected chi connectivity index (χ2v) is 9.62. The molecule has 0 unspecified atom stereocenters. The minimum absolute atomic E-state index is 0.000945. The summed E-state index contributed by atoms with van der Waals surface area (Å²) in [5, 5.41) is -0.575. The Morgan fingerprint density at radius 3 is 2.62 bits per heavy atom. The van der Waals surface area contributed by atoms with Gasteiger partial charge in [0.05, 0.1) is 35.4 Å². The third kappa shape index (κ3) is 4.08. The SMILES string of the molecule is O=c1nc(OCc2cc(F)c(Oc3ccc(Cl)c(C(F)(F)F)c3)c(F)c2)cc2n1C[C@]13CO[C@H](CN21)C3.